The predicted octanol–water partition coefficient (Wildman–Crippen LogP) is 1.74. The van der Waals surface area contributed by atoms with Gasteiger partial charge in [-0.15, -0.1) is 0 Å². The number of hydrogen-bond acceptors (Lipinski definition) is 3. The lowest BCUT2D eigenvalue weighted by atomic mass is 10.1. The van der Waals surface area contributed by atoms with Crippen molar-refractivity contribution in [1.82, 2.24) is 4.90 Å². The van der Waals surface area contributed by atoms with Crippen molar-refractivity contribution in [2.75, 3.05) is 14.1 Å². The lowest BCUT2D eigenvalue weighted by Gasteiger charge is -2.11. The van der Waals surface area contributed by atoms with E-state index in [1.54, 1.807) is 0 Å². The molecule has 0 saturated heterocycles. The van der Waals surface area contributed by atoms with E-state index >= 15 is 0 Å². The van der Waals surface area contributed by atoms with Crippen molar-refractivity contribution in [3.63, 3.8) is 0 Å². The molecule has 0 fully saturated rings. The molecule has 0 heterocycles. The molecule has 0 aliphatic heterocycles. The van der Waals surface area contributed by atoms with Crippen molar-refractivity contribution in [3.8, 4) is 0 Å². The van der Waals surface area contributed by atoms with Crippen LogP contribution in [0.2, 0.25) is 0 Å². The second kappa shape index (κ2) is 7.18. The van der Waals surface area contributed by atoms with Gasteiger partial charge in [0.1, 0.15) is 0 Å². The molecule has 0 bridgehead atoms. The van der Waals surface area contributed by atoms with E-state index in [4.69, 9.17) is 17.5 Å². The average Bonchev–Trinajstić information content (AvgIpc) is 2.15. The minimum atomic E-state index is -4.67. The van der Waals surface area contributed by atoms with Crippen molar-refractivity contribution >= 4 is 16.5 Å². The molecule has 0 amide bonds. The summed E-state index contributed by atoms with van der Waals surface area (Å²) < 4.78 is 31.6. The van der Waals surface area contributed by atoms with Gasteiger partial charge in [-0.2, -0.15) is 8.42 Å². The average molecular weight is 259 g/mol. The summed E-state index contributed by atoms with van der Waals surface area (Å²) in [6, 6.07) is 8.32. The second-order valence-electron chi connectivity index (χ2n) is 3.59. The molecule has 1 aromatic rings. The van der Waals surface area contributed by atoms with Crippen LogP contribution < -0.4 is 0 Å². The molecule has 1 rings (SSSR count). The molecule has 5 nitrogen and oxygen atoms in total. The number of rotatable bonds is 3. The van der Waals surface area contributed by atoms with E-state index in [9.17, 15) is 0 Å². The van der Waals surface area contributed by atoms with Gasteiger partial charge in [0.05, 0.1) is 0 Å². The van der Waals surface area contributed by atoms with E-state index < -0.39 is 10.4 Å². The summed E-state index contributed by atoms with van der Waals surface area (Å²) in [5, 5.41) is 0. The van der Waals surface area contributed by atoms with E-state index in [1.165, 1.54) is 11.1 Å². The van der Waals surface area contributed by atoms with Crippen LogP contribution in [0, 0.1) is 0 Å². The van der Waals surface area contributed by atoms with E-state index in [1.807, 2.05) is 12.1 Å². The standard InChI is InChI=1S/C11H15N.H2O4S/c1-4-10-7-5-6-8-11(10)9-12(2)3;1-5(2,3)4/h4-8H,1,9H2,2-3H3;(H2,1,2,3,4). The maximum absolute atomic E-state index is 8.74. The fourth-order valence-electron chi connectivity index (χ4n) is 1.22. The Kier molecular flexibility index (Phi) is 6.67. The Morgan fingerprint density at radius 3 is 2.18 bits per heavy atom. The molecule has 0 aromatic heterocycles. The van der Waals surface area contributed by atoms with E-state index in [-0.39, 0.29) is 0 Å². The summed E-state index contributed by atoms with van der Waals surface area (Å²) in [4.78, 5) is 2.16. The maximum Gasteiger partial charge on any atom is 0.394 e. The van der Waals surface area contributed by atoms with Gasteiger partial charge in [-0.25, -0.2) is 0 Å². The highest BCUT2D eigenvalue weighted by molar-refractivity contribution is 7.79. The van der Waals surface area contributed by atoms with E-state index in [2.05, 4.69) is 43.8 Å². The zero-order valence-corrected chi connectivity index (χ0v) is 10.7. The monoisotopic (exact) mass is 259 g/mol. The van der Waals surface area contributed by atoms with Crippen molar-refractivity contribution in [2.45, 2.75) is 6.54 Å². The molecule has 0 atom stereocenters. The van der Waals surface area contributed by atoms with Gasteiger partial charge in [0.2, 0.25) is 0 Å². The summed E-state index contributed by atoms with van der Waals surface area (Å²) in [5.74, 6) is 0. The highest BCUT2D eigenvalue weighted by atomic mass is 32.3. The second-order valence-corrected chi connectivity index (χ2v) is 4.48. The number of nitrogens with zero attached hydrogens (tertiary/aromatic N) is 1. The van der Waals surface area contributed by atoms with Crippen LogP contribution >= 0.6 is 0 Å². The van der Waals surface area contributed by atoms with Crippen molar-refractivity contribution in [2.24, 2.45) is 0 Å². The topological polar surface area (TPSA) is 77.8 Å². The Balaban J connectivity index is 0.000000437. The molecule has 0 saturated carbocycles. The fourth-order valence-corrected chi connectivity index (χ4v) is 1.22. The van der Waals surface area contributed by atoms with Crippen molar-refractivity contribution in [1.29, 1.82) is 0 Å². The van der Waals surface area contributed by atoms with Gasteiger partial charge in [0, 0.05) is 6.54 Å². The van der Waals surface area contributed by atoms with Crippen LogP contribution in [0.4, 0.5) is 0 Å². The molecule has 6 heteroatoms. The molecule has 0 spiro atoms. The SMILES string of the molecule is C=Cc1ccccc1CN(C)C.O=S(=O)(O)O. The number of hydrogen-bond donors (Lipinski definition) is 2. The minimum absolute atomic E-state index is 0.974. The summed E-state index contributed by atoms with van der Waals surface area (Å²) in [5.41, 5.74) is 2.56. The summed E-state index contributed by atoms with van der Waals surface area (Å²) in [6.45, 7) is 4.75. The van der Waals surface area contributed by atoms with Crippen LogP contribution in [-0.2, 0) is 16.9 Å². The molecule has 0 aliphatic carbocycles. The molecule has 17 heavy (non-hydrogen) atoms. The Hall–Kier alpha value is -1.21. The molecular weight excluding hydrogens is 242 g/mol. The number of benzene rings is 1. The molecule has 1 aromatic carbocycles. The summed E-state index contributed by atoms with van der Waals surface area (Å²) in [7, 11) is -0.528. The zero-order valence-electron chi connectivity index (χ0n) is 9.87. The quantitative estimate of drug-likeness (QED) is 0.808. The third-order valence-corrected chi connectivity index (χ3v) is 1.76. The van der Waals surface area contributed by atoms with Gasteiger partial charge in [0.25, 0.3) is 0 Å². The van der Waals surface area contributed by atoms with Crippen LogP contribution in [0.5, 0.6) is 0 Å². The maximum atomic E-state index is 8.74. The Morgan fingerprint density at radius 1 is 1.29 bits per heavy atom. The first-order valence-corrected chi connectivity index (χ1v) is 6.18. The van der Waals surface area contributed by atoms with Gasteiger partial charge >= 0.3 is 10.4 Å². The Labute approximate surface area is 102 Å². The fraction of sp³-hybridized carbons (Fsp3) is 0.273. The van der Waals surface area contributed by atoms with Gasteiger partial charge in [0.15, 0.2) is 0 Å². The molecule has 0 aliphatic rings. The Bertz CT molecular complexity index is 446. The lowest BCUT2D eigenvalue weighted by molar-refractivity contribution is 0.381. The first-order chi connectivity index (χ1) is 7.74. The van der Waals surface area contributed by atoms with Crippen LogP contribution in [0.15, 0.2) is 30.8 Å². The van der Waals surface area contributed by atoms with Crippen LogP contribution in [-0.4, -0.2) is 36.5 Å². The molecule has 2 N–H and O–H groups in total. The van der Waals surface area contributed by atoms with Crippen LogP contribution in [0.3, 0.4) is 0 Å². The first kappa shape index (κ1) is 15.8. The molecular formula is C11H17NO4S. The Morgan fingerprint density at radius 2 is 1.76 bits per heavy atom. The first-order valence-electron chi connectivity index (χ1n) is 4.79. The highest BCUT2D eigenvalue weighted by Gasteiger charge is 1.98. The highest BCUT2D eigenvalue weighted by Crippen LogP contribution is 2.10. The third-order valence-electron chi connectivity index (χ3n) is 1.76. The third kappa shape index (κ3) is 9.70. The van der Waals surface area contributed by atoms with Crippen molar-refractivity contribution in [3.05, 3.63) is 42.0 Å². The van der Waals surface area contributed by atoms with Gasteiger partial charge < -0.3 is 4.90 Å². The molecule has 0 unspecified atom stereocenters. The predicted molar refractivity (Wildman–Crippen MR) is 68.1 cm³/mol. The lowest BCUT2D eigenvalue weighted by Crippen LogP contribution is -2.11. The van der Waals surface area contributed by atoms with Crippen LogP contribution in [0.1, 0.15) is 11.1 Å². The van der Waals surface area contributed by atoms with E-state index in [0.717, 1.165) is 6.54 Å². The summed E-state index contributed by atoms with van der Waals surface area (Å²) in [6.07, 6.45) is 1.90. The minimum Gasteiger partial charge on any atom is -0.305 e. The smallest absolute Gasteiger partial charge is 0.305 e. The van der Waals surface area contributed by atoms with Crippen molar-refractivity contribution < 1.29 is 17.5 Å². The largest absolute Gasteiger partial charge is 0.394 e. The van der Waals surface area contributed by atoms with E-state index in [0.29, 0.717) is 0 Å². The van der Waals surface area contributed by atoms with Gasteiger partial charge in [-0.05, 0) is 25.2 Å². The normalized spacial score (nSPS) is 10.6. The molecule has 96 valence electrons. The molecule has 0 radical (unpaired) electrons. The van der Waals surface area contributed by atoms with Gasteiger partial charge in [-0.3, -0.25) is 9.11 Å². The van der Waals surface area contributed by atoms with Crippen LogP contribution in [0.25, 0.3) is 6.08 Å². The zero-order chi connectivity index (χ0) is 13.5. The summed E-state index contributed by atoms with van der Waals surface area (Å²) >= 11 is 0. The van der Waals surface area contributed by atoms with Gasteiger partial charge in [-0.1, -0.05) is 36.9 Å².